The molecule has 0 radical (unpaired) electrons. The highest BCUT2D eigenvalue weighted by molar-refractivity contribution is 6.02. The molecule has 0 aliphatic rings. The van der Waals surface area contributed by atoms with Crippen molar-refractivity contribution in [2.75, 3.05) is 31.0 Å². The molecule has 12 nitrogen and oxygen atoms in total. The summed E-state index contributed by atoms with van der Waals surface area (Å²) in [7, 11) is 5.10. The van der Waals surface area contributed by atoms with Gasteiger partial charge < -0.3 is 25.2 Å². The number of aliphatic hydroxyl groups excluding tert-OH is 1. The Bertz CT molecular complexity index is 1360. The molecule has 0 aliphatic carbocycles. The molecule has 0 bridgehead atoms. The van der Waals surface area contributed by atoms with Crippen LogP contribution in [0.4, 0.5) is 23.0 Å². The summed E-state index contributed by atoms with van der Waals surface area (Å²) in [6, 6.07) is 9.01. The Hall–Kier alpha value is -4.45. The van der Waals surface area contributed by atoms with Gasteiger partial charge in [0.05, 0.1) is 36.2 Å². The van der Waals surface area contributed by atoms with Crippen LogP contribution >= 0.6 is 0 Å². The summed E-state index contributed by atoms with van der Waals surface area (Å²) in [6.07, 6.45) is 3.47. The predicted octanol–water partition coefficient (Wildman–Crippen LogP) is 3.07. The molecule has 3 aromatic heterocycles. The normalized spacial score (nSPS) is 10.8. The average molecular weight is 493 g/mol. The number of pyridine rings is 1. The molecule has 3 N–H and O–H groups in total. The minimum absolute atomic E-state index is 0.0596. The molecule has 0 spiro atoms. The number of hydrogen-bond donors (Lipinski definition) is 3. The Kier molecular flexibility index (Phi) is 7.44. The third-order valence-corrected chi connectivity index (χ3v) is 5.29. The molecule has 0 amide bonds. The lowest BCUT2D eigenvalue weighted by molar-refractivity contribution is 0.0988. The van der Waals surface area contributed by atoms with Crippen molar-refractivity contribution in [3.05, 3.63) is 48.4 Å². The zero-order chi connectivity index (χ0) is 25.7. The number of anilines is 4. The SMILES string of the molecule is CCC(=O)c1cnc(Nc2cc(OCCO)n(C)n2)cc1Nc1cccc(-c2ncn(C)n2)c1OC. The van der Waals surface area contributed by atoms with Gasteiger partial charge in [-0.3, -0.25) is 9.48 Å². The van der Waals surface area contributed by atoms with E-state index < -0.39 is 0 Å². The highest BCUT2D eigenvalue weighted by Crippen LogP contribution is 2.37. The molecule has 0 fully saturated rings. The number of hydrogen-bond acceptors (Lipinski definition) is 10. The zero-order valence-corrected chi connectivity index (χ0v) is 20.5. The summed E-state index contributed by atoms with van der Waals surface area (Å²) in [5.74, 6) is 2.47. The molecule has 36 heavy (non-hydrogen) atoms. The molecular weight excluding hydrogens is 464 g/mol. The van der Waals surface area contributed by atoms with Crippen molar-refractivity contribution in [3.8, 4) is 23.0 Å². The van der Waals surface area contributed by atoms with Crippen LogP contribution in [0.25, 0.3) is 11.4 Å². The molecule has 0 aliphatic heterocycles. The van der Waals surface area contributed by atoms with Crippen LogP contribution in [0.2, 0.25) is 0 Å². The van der Waals surface area contributed by atoms with E-state index in [0.717, 1.165) is 0 Å². The Balaban J connectivity index is 1.68. The number of rotatable bonds is 11. The highest BCUT2D eigenvalue weighted by atomic mass is 16.5. The number of carbonyl (C=O) groups excluding carboxylic acids is 1. The topological polar surface area (TPSA) is 141 Å². The van der Waals surface area contributed by atoms with E-state index in [1.807, 2.05) is 18.2 Å². The lowest BCUT2D eigenvalue weighted by Crippen LogP contribution is -2.07. The maximum absolute atomic E-state index is 12.7. The first-order chi connectivity index (χ1) is 17.4. The van der Waals surface area contributed by atoms with Gasteiger partial charge in [-0.05, 0) is 12.1 Å². The van der Waals surface area contributed by atoms with Crippen molar-refractivity contribution in [1.29, 1.82) is 0 Å². The third kappa shape index (κ3) is 5.28. The number of ketones is 1. The zero-order valence-electron chi connectivity index (χ0n) is 20.5. The van der Waals surface area contributed by atoms with Crippen LogP contribution in [0.1, 0.15) is 23.7 Å². The van der Waals surface area contributed by atoms with E-state index in [-0.39, 0.29) is 19.0 Å². The molecule has 4 aromatic rings. The van der Waals surface area contributed by atoms with E-state index in [1.54, 1.807) is 56.0 Å². The highest BCUT2D eigenvalue weighted by Gasteiger charge is 2.18. The summed E-state index contributed by atoms with van der Waals surface area (Å²) in [5.41, 5.74) is 2.35. The Morgan fingerprint density at radius 1 is 1.08 bits per heavy atom. The smallest absolute Gasteiger partial charge is 0.213 e. The lowest BCUT2D eigenvalue weighted by atomic mass is 10.1. The number of aliphatic hydroxyl groups is 1. The van der Waals surface area contributed by atoms with Crippen LogP contribution in [0, 0.1) is 0 Å². The summed E-state index contributed by atoms with van der Waals surface area (Å²) in [4.78, 5) is 21.4. The summed E-state index contributed by atoms with van der Waals surface area (Å²) in [6.45, 7) is 1.86. The second-order valence-electron chi connectivity index (χ2n) is 7.83. The minimum Gasteiger partial charge on any atom is -0.494 e. The quantitative estimate of drug-likeness (QED) is 0.267. The van der Waals surface area contributed by atoms with E-state index in [0.29, 0.717) is 58.0 Å². The van der Waals surface area contributed by atoms with Crippen LogP contribution in [-0.4, -0.2) is 60.7 Å². The fourth-order valence-corrected chi connectivity index (χ4v) is 3.61. The fraction of sp³-hybridized carbons (Fsp3) is 0.292. The van der Waals surface area contributed by atoms with Gasteiger partial charge in [-0.2, -0.15) is 10.2 Å². The fourth-order valence-electron chi connectivity index (χ4n) is 3.61. The second-order valence-corrected chi connectivity index (χ2v) is 7.83. The number of para-hydroxylation sites is 1. The summed E-state index contributed by atoms with van der Waals surface area (Å²) < 4.78 is 14.3. The molecular formula is C24H28N8O4. The van der Waals surface area contributed by atoms with Crippen LogP contribution < -0.4 is 20.1 Å². The van der Waals surface area contributed by atoms with Crippen LogP contribution in [0.3, 0.4) is 0 Å². The number of Topliss-reactive ketones (excluding diaryl/α,β-unsaturated/α-hetero) is 1. The lowest BCUT2D eigenvalue weighted by Gasteiger charge is -2.16. The monoisotopic (exact) mass is 492 g/mol. The standard InChI is InChI=1S/C24H28N8O4/c1-5-19(34)16-13-25-20(28-21-12-22(32(3)29-21)36-10-9-33)11-18(16)27-17-8-6-7-15(23(17)35-4)24-26-14-31(2)30-24/h6-8,11-14,33H,5,9-10H2,1-4H3,(H2,25,27,28,29). The number of nitrogens with zero attached hydrogens (tertiary/aromatic N) is 6. The van der Waals surface area contributed by atoms with Gasteiger partial charge >= 0.3 is 0 Å². The van der Waals surface area contributed by atoms with Crippen molar-refractivity contribution in [3.63, 3.8) is 0 Å². The largest absolute Gasteiger partial charge is 0.494 e. The first-order valence-electron chi connectivity index (χ1n) is 11.3. The van der Waals surface area contributed by atoms with Gasteiger partial charge in [0.1, 0.15) is 18.8 Å². The van der Waals surface area contributed by atoms with Crippen molar-refractivity contribution in [1.82, 2.24) is 29.5 Å². The first-order valence-corrected chi connectivity index (χ1v) is 11.3. The number of ether oxygens (including phenoxy) is 2. The predicted molar refractivity (Wildman–Crippen MR) is 134 cm³/mol. The molecule has 3 heterocycles. The molecule has 0 unspecified atom stereocenters. The number of aryl methyl sites for hydroxylation is 2. The second kappa shape index (κ2) is 10.9. The molecule has 0 saturated carbocycles. The van der Waals surface area contributed by atoms with Crippen molar-refractivity contribution in [2.24, 2.45) is 14.1 Å². The average Bonchev–Trinajstić information content (AvgIpc) is 3.46. The van der Waals surface area contributed by atoms with Crippen LogP contribution in [0.5, 0.6) is 11.6 Å². The Labute approximate surface area is 207 Å². The van der Waals surface area contributed by atoms with E-state index in [1.165, 1.54) is 6.20 Å². The van der Waals surface area contributed by atoms with E-state index >= 15 is 0 Å². The summed E-state index contributed by atoms with van der Waals surface area (Å²) in [5, 5.41) is 24.2. The van der Waals surface area contributed by atoms with E-state index in [4.69, 9.17) is 14.6 Å². The summed E-state index contributed by atoms with van der Waals surface area (Å²) >= 11 is 0. The third-order valence-electron chi connectivity index (χ3n) is 5.29. The number of benzene rings is 1. The van der Waals surface area contributed by atoms with E-state index in [9.17, 15) is 4.79 Å². The number of methoxy groups -OCH3 is 1. The number of carbonyl (C=O) groups is 1. The van der Waals surface area contributed by atoms with Gasteiger partial charge in [0.25, 0.3) is 0 Å². The maximum atomic E-state index is 12.7. The minimum atomic E-state index is -0.0987. The Morgan fingerprint density at radius 2 is 1.92 bits per heavy atom. The van der Waals surface area contributed by atoms with Crippen LogP contribution in [-0.2, 0) is 14.1 Å². The molecule has 0 saturated heterocycles. The number of aromatic nitrogens is 6. The van der Waals surface area contributed by atoms with Crippen molar-refractivity contribution < 1.29 is 19.4 Å². The maximum Gasteiger partial charge on any atom is 0.213 e. The van der Waals surface area contributed by atoms with Crippen molar-refractivity contribution in [2.45, 2.75) is 13.3 Å². The molecule has 188 valence electrons. The van der Waals surface area contributed by atoms with Gasteiger partial charge in [-0.25, -0.2) is 14.6 Å². The van der Waals surface area contributed by atoms with Crippen molar-refractivity contribution >= 4 is 28.8 Å². The van der Waals surface area contributed by atoms with E-state index in [2.05, 4.69) is 30.8 Å². The van der Waals surface area contributed by atoms with Gasteiger partial charge in [0.2, 0.25) is 5.88 Å². The number of nitrogens with one attached hydrogen (secondary N) is 2. The van der Waals surface area contributed by atoms with Gasteiger partial charge in [-0.15, -0.1) is 0 Å². The first kappa shape index (κ1) is 24.7. The van der Waals surface area contributed by atoms with Crippen LogP contribution in [0.15, 0.2) is 42.9 Å². The molecule has 1 aromatic carbocycles. The molecule has 0 atom stereocenters. The molecule has 4 rings (SSSR count). The molecule has 12 heteroatoms. The van der Waals surface area contributed by atoms with Gasteiger partial charge in [-0.1, -0.05) is 13.0 Å². The van der Waals surface area contributed by atoms with Gasteiger partial charge in [0.15, 0.2) is 23.2 Å². The Morgan fingerprint density at radius 3 is 2.61 bits per heavy atom. The van der Waals surface area contributed by atoms with Gasteiger partial charge in [0, 0.05) is 38.8 Å².